The summed E-state index contributed by atoms with van der Waals surface area (Å²) in [4.78, 5) is 5.66. The second-order valence-electron chi connectivity index (χ2n) is 5.09. The molecular formula is C13H18F3N3. The van der Waals surface area contributed by atoms with Crippen LogP contribution < -0.4 is 10.2 Å². The summed E-state index contributed by atoms with van der Waals surface area (Å²) in [6.07, 6.45) is -2.40. The number of halogens is 3. The van der Waals surface area contributed by atoms with Crippen LogP contribution in [0.3, 0.4) is 0 Å². The monoisotopic (exact) mass is 273 g/mol. The molecule has 106 valence electrons. The lowest BCUT2D eigenvalue weighted by molar-refractivity contribution is -0.141. The van der Waals surface area contributed by atoms with Crippen LogP contribution in [0, 0.1) is 0 Å². The van der Waals surface area contributed by atoms with Crippen molar-refractivity contribution in [3.8, 4) is 0 Å². The van der Waals surface area contributed by atoms with Crippen LogP contribution in [0.4, 0.5) is 24.7 Å². The zero-order chi connectivity index (χ0) is 14.0. The van der Waals surface area contributed by atoms with Gasteiger partial charge in [-0.25, -0.2) is 4.98 Å². The highest BCUT2D eigenvalue weighted by Crippen LogP contribution is 2.32. The van der Waals surface area contributed by atoms with Crippen LogP contribution in [-0.2, 0) is 6.18 Å². The minimum absolute atomic E-state index is 0.0786. The van der Waals surface area contributed by atoms with Crippen LogP contribution >= 0.6 is 0 Å². The van der Waals surface area contributed by atoms with Crippen LogP contribution in [-0.4, -0.2) is 24.1 Å². The highest BCUT2D eigenvalue weighted by atomic mass is 19.4. The zero-order valence-electron chi connectivity index (χ0n) is 11.1. The SMILES string of the molecule is CC(C)Nc1cc(N2CCCC2)nc(C(F)(F)F)c1. The van der Waals surface area contributed by atoms with Gasteiger partial charge in [0.25, 0.3) is 0 Å². The Hall–Kier alpha value is -1.46. The fourth-order valence-electron chi connectivity index (χ4n) is 2.19. The number of hydrogen-bond acceptors (Lipinski definition) is 3. The van der Waals surface area contributed by atoms with Crippen molar-refractivity contribution in [3.05, 3.63) is 17.8 Å². The van der Waals surface area contributed by atoms with Gasteiger partial charge in [-0.3, -0.25) is 0 Å². The van der Waals surface area contributed by atoms with Gasteiger partial charge in [-0.05, 0) is 32.8 Å². The third kappa shape index (κ3) is 3.52. The molecule has 3 nitrogen and oxygen atoms in total. The van der Waals surface area contributed by atoms with Gasteiger partial charge in [0.2, 0.25) is 0 Å². The lowest BCUT2D eigenvalue weighted by Crippen LogP contribution is -2.22. The Morgan fingerprint density at radius 3 is 2.37 bits per heavy atom. The van der Waals surface area contributed by atoms with E-state index in [2.05, 4.69) is 10.3 Å². The quantitative estimate of drug-likeness (QED) is 0.913. The molecule has 0 atom stereocenters. The van der Waals surface area contributed by atoms with Crippen molar-refractivity contribution in [2.75, 3.05) is 23.3 Å². The fourth-order valence-corrected chi connectivity index (χ4v) is 2.19. The van der Waals surface area contributed by atoms with Crippen molar-refractivity contribution in [2.24, 2.45) is 0 Å². The van der Waals surface area contributed by atoms with E-state index >= 15 is 0 Å². The maximum Gasteiger partial charge on any atom is 0.433 e. The van der Waals surface area contributed by atoms with Crippen molar-refractivity contribution in [1.29, 1.82) is 0 Å². The molecule has 0 unspecified atom stereocenters. The second-order valence-corrected chi connectivity index (χ2v) is 5.09. The molecule has 0 radical (unpaired) electrons. The third-order valence-corrected chi connectivity index (χ3v) is 2.99. The molecule has 0 aromatic carbocycles. The minimum Gasteiger partial charge on any atom is -0.383 e. The average Bonchev–Trinajstić information content (AvgIpc) is 2.79. The molecule has 1 aliphatic rings. The predicted molar refractivity (Wildman–Crippen MR) is 69.4 cm³/mol. The molecular weight excluding hydrogens is 255 g/mol. The molecule has 1 saturated heterocycles. The van der Waals surface area contributed by atoms with E-state index in [0.717, 1.165) is 32.0 Å². The number of anilines is 2. The molecule has 6 heteroatoms. The highest BCUT2D eigenvalue weighted by Gasteiger charge is 2.34. The molecule has 1 aliphatic heterocycles. The standard InChI is InChI=1S/C13H18F3N3/c1-9(2)17-10-7-11(13(14,15)16)18-12(8-10)19-5-3-4-6-19/h7-9H,3-6H2,1-2H3,(H,17,18). The lowest BCUT2D eigenvalue weighted by atomic mass is 10.2. The maximum atomic E-state index is 12.9. The third-order valence-electron chi connectivity index (χ3n) is 2.99. The van der Waals surface area contributed by atoms with E-state index in [1.165, 1.54) is 0 Å². The number of aromatic nitrogens is 1. The van der Waals surface area contributed by atoms with E-state index in [4.69, 9.17) is 0 Å². The lowest BCUT2D eigenvalue weighted by Gasteiger charge is -2.20. The topological polar surface area (TPSA) is 28.2 Å². The number of pyridine rings is 1. The summed E-state index contributed by atoms with van der Waals surface area (Å²) in [6, 6.07) is 2.84. The molecule has 1 N–H and O–H groups in total. The van der Waals surface area contributed by atoms with E-state index in [0.29, 0.717) is 11.5 Å². The summed E-state index contributed by atoms with van der Waals surface area (Å²) in [5.74, 6) is 0.412. The Morgan fingerprint density at radius 2 is 1.84 bits per heavy atom. The molecule has 0 saturated carbocycles. The summed E-state index contributed by atoms with van der Waals surface area (Å²) in [6.45, 7) is 5.33. The summed E-state index contributed by atoms with van der Waals surface area (Å²) in [5.41, 5.74) is -0.362. The molecule has 0 spiro atoms. The molecule has 19 heavy (non-hydrogen) atoms. The fraction of sp³-hybridized carbons (Fsp3) is 0.615. The molecule has 1 fully saturated rings. The van der Waals surface area contributed by atoms with Gasteiger partial charge in [0.1, 0.15) is 11.5 Å². The molecule has 0 aliphatic carbocycles. The maximum absolute atomic E-state index is 12.9. The van der Waals surface area contributed by atoms with E-state index in [1.807, 2.05) is 18.7 Å². The Kier molecular flexibility index (Phi) is 3.87. The van der Waals surface area contributed by atoms with Crippen LogP contribution in [0.1, 0.15) is 32.4 Å². The molecule has 0 amide bonds. The van der Waals surface area contributed by atoms with Gasteiger partial charge < -0.3 is 10.2 Å². The van der Waals surface area contributed by atoms with Gasteiger partial charge in [-0.1, -0.05) is 0 Å². The second kappa shape index (κ2) is 5.27. The van der Waals surface area contributed by atoms with Gasteiger partial charge in [0.05, 0.1) is 0 Å². The van der Waals surface area contributed by atoms with Crippen molar-refractivity contribution in [3.63, 3.8) is 0 Å². The first-order valence-electron chi connectivity index (χ1n) is 6.47. The smallest absolute Gasteiger partial charge is 0.383 e. The first-order chi connectivity index (χ1) is 8.86. The van der Waals surface area contributed by atoms with Gasteiger partial charge in [0, 0.05) is 30.9 Å². The molecule has 1 aromatic rings. The Balaban J connectivity index is 2.36. The summed E-state index contributed by atoms with van der Waals surface area (Å²) < 4.78 is 38.6. The predicted octanol–water partition coefficient (Wildman–Crippen LogP) is 3.52. The molecule has 1 aromatic heterocycles. The van der Waals surface area contributed by atoms with Gasteiger partial charge in [-0.15, -0.1) is 0 Å². The van der Waals surface area contributed by atoms with E-state index in [-0.39, 0.29) is 6.04 Å². The van der Waals surface area contributed by atoms with Gasteiger partial charge in [0.15, 0.2) is 0 Å². The Bertz CT molecular complexity index is 437. The van der Waals surface area contributed by atoms with Crippen LogP contribution in [0.2, 0.25) is 0 Å². The van der Waals surface area contributed by atoms with Crippen LogP contribution in [0.15, 0.2) is 12.1 Å². The average molecular weight is 273 g/mol. The molecule has 2 heterocycles. The first kappa shape index (κ1) is 14.0. The number of alkyl halides is 3. The summed E-state index contributed by atoms with van der Waals surface area (Å²) >= 11 is 0. The largest absolute Gasteiger partial charge is 0.433 e. The number of rotatable bonds is 3. The Morgan fingerprint density at radius 1 is 1.21 bits per heavy atom. The van der Waals surface area contributed by atoms with Crippen molar-refractivity contribution < 1.29 is 13.2 Å². The van der Waals surface area contributed by atoms with Gasteiger partial charge in [-0.2, -0.15) is 13.2 Å². The normalized spacial score (nSPS) is 16.2. The Labute approximate surface area is 110 Å². The van der Waals surface area contributed by atoms with Crippen LogP contribution in [0.25, 0.3) is 0 Å². The summed E-state index contributed by atoms with van der Waals surface area (Å²) in [7, 11) is 0. The number of nitrogens with zero attached hydrogens (tertiary/aromatic N) is 2. The molecule has 2 rings (SSSR count). The number of nitrogens with one attached hydrogen (secondary N) is 1. The minimum atomic E-state index is -4.41. The van der Waals surface area contributed by atoms with Crippen molar-refractivity contribution in [1.82, 2.24) is 4.98 Å². The number of hydrogen-bond donors (Lipinski definition) is 1. The van der Waals surface area contributed by atoms with Crippen molar-refractivity contribution >= 4 is 11.5 Å². The first-order valence-corrected chi connectivity index (χ1v) is 6.47. The van der Waals surface area contributed by atoms with Crippen LogP contribution in [0.5, 0.6) is 0 Å². The van der Waals surface area contributed by atoms with E-state index in [9.17, 15) is 13.2 Å². The van der Waals surface area contributed by atoms with Gasteiger partial charge >= 0.3 is 6.18 Å². The van der Waals surface area contributed by atoms with Crippen molar-refractivity contribution in [2.45, 2.75) is 38.9 Å². The zero-order valence-corrected chi connectivity index (χ0v) is 11.1. The van der Waals surface area contributed by atoms with E-state index in [1.54, 1.807) is 6.07 Å². The summed E-state index contributed by atoms with van der Waals surface area (Å²) in [5, 5.41) is 3.01. The molecule has 0 bridgehead atoms. The van der Waals surface area contributed by atoms with E-state index < -0.39 is 11.9 Å². The highest BCUT2D eigenvalue weighted by molar-refractivity contribution is 5.56.